The zero-order valence-corrected chi connectivity index (χ0v) is 18.0. The van der Waals surface area contributed by atoms with Crippen molar-refractivity contribution in [3.05, 3.63) is 75.6 Å². The number of non-ortho nitro benzene ring substituents is 1. The molecule has 1 atom stereocenters. The van der Waals surface area contributed by atoms with E-state index in [0.717, 1.165) is 24.9 Å². The van der Waals surface area contributed by atoms with Gasteiger partial charge < -0.3 is 11.1 Å². The molecule has 2 amide bonds. The molecule has 11 heteroatoms. The van der Waals surface area contributed by atoms with Crippen molar-refractivity contribution >= 4 is 23.2 Å². The van der Waals surface area contributed by atoms with E-state index in [9.17, 15) is 19.7 Å². The van der Waals surface area contributed by atoms with Crippen molar-refractivity contribution in [1.29, 1.82) is 0 Å². The molecule has 2 heterocycles. The molecule has 4 rings (SSSR count). The third-order valence-corrected chi connectivity index (χ3v) is 5.73. The van der Waals surface area contributed by atoms with Gasteiger partial charge in [0.05, 0.1) is 22.3 Å². The number of rotatable bonds is 7. The Kier molecular flexibility index (Phi) is 6.13. The molecule has 0 radical (unpaired) electrons. The summed E-state index contributed by atoms with van der Waals surface area (Å²) >= 11 is 0. The fourth-order valence-electron chi connectivity index (χ4n) is 4.04. The maximum atomic E-state index is 13.0. The third-order valence-electron chi connectivity index (χ3n) is 5.73. The van der Waals surface area contributed by atoms with Gasteiger partial charge in [-0.05, 0) is 44.0 Å². The number of likely N-dealkylation sites (tertiary alicyclic amines) is 1. The molecule has 170 valence electrons. The second-order valence-electron chi connectivity index (χ2n) is 7.85. The van der Waals surface area contributed by atoms with Gasteiger partial charge in [0.1, 0.15) is 0 Å². The van der Waals surface area contributed by atoms with Crippen molar-refractivity contribution in [1.82, 2.24) is 19.9 Å². The molecule has 33 heavy (non-hydrogen) atoms. The van der Waals surface area contributed by atoms with Crippen LogP contribution < -0.4 is 11.1 Å². The van der Waals surface area contributed by atoms with E-state index in [2.05, 4.69) is 15.6 Å². The van der Waals surface area contributed by atoms with Crippen LogP contribution in [0.1, 0.15) is 34.6 Å². The predicted molar refractivity (Wildman–Crippen MR) is 120 cm³/mol. The smallest absolute Gasteiger partial charge is 0.278 e. The highest BCUT2D eigenvalue weighted by Crippen LogP contribution is 2.25. The molecule has 2 aromatic carbocycles. The van der Waals surface area contributed by atoms with Crippen LogP contribution >= 0.6 is 0 Å². The van der Waals surface area contributed by atoms with Crippen LogP contribution in [0, 0.1) is 17.0 Å². The van der Waals surface area contributed by atoms with Crippen LogP contribution in [0.25, 0.3) is 5.69 Å². The topological polar surface area (TPSA) is 149 Å². The lowest BCUT2D eigenvalue weighted by Gasteiger charge is -2.23. The van der Waals surface area contributed by atoms with Gasteiger partial charge in [-0.3, -0.25) is 24.6 Å². The molecule has 1 aliphatic heterocycles. The quantitative estimate of drug-likeness (QED) is 0.415. The van der Waals surface area contributed by atoms with E-state index in [1.165, 1.54) is 16.8 Å². The third kappa shape index (κ3) is 4.58. The summed E-state index contributed by atoms with van der Waals surface area (Å²) in [5.41, 5.74) is 7.87. The Labute approximate surface area is 189 Å². The van der Waals surface area contributed by atoms with E-state index in [1.807, 2.05) is 23.1 Å². The first-order valence-electron chi connectivity index (χ1n) is 10.4. The summed E-state index contributed by atoms with van der Waals surface area (Å²) in [4.78, 5) is 37.3. The van der Waals surface area contributed by atoms with Crippen molar-refractivity contribution in [2.45, 2.75) is 32.4 Å². The Bertz CT molecular complexity index is 1220. The van der Waals surface area contributed by atoms with Gasteiger partial charge in [0.15, 0.2) is 5.69 Å². The number of hydrogen-bond donors (Lipinski definition) is 2. The average molecular weight is 449 g/mol. The fourth-order valence-corrected chi connectivity index (χ4v) is 4.04. The second kappa shape index (κ2) is 9.17. The molecule has 0 aliphatic carbocycles. The van der Waals surface area contributed by atoms with E-state index in [0.29, 0.717) is 23.6 Å². The summed E-state index contributed by atoms with van der Waals surface area (Å²) in [6.45, 7) is 2.90. The minimum Gasteiger partial charge on any atom is -0.368 e. The Morgan fingerprint density at radius 3 is 2.79 bits per heavy atom. The molecule has 11 nitrogen and oxygen atoms in total. The normalized spacial score (nSPS) is 16.0. The molecular weight excluding hydrogens is 426 g/mol. The lowest BCUT2D eigenvalue weighted by atomic mass is 10.1. The lowest BCUT2D eigenvalue weighted by molar-refractivity contribution is -0.384. The number of para-hydroxylation sites is 1. The van der Waals surface area contributed by atoms with Crippen molar-refractivity contribution in [3.63, 3.8) is 0 Å². The van der Waals surface area contributed by atoms with Crippen LogP contribution in [0.15, 0.2) is 48.5 Å². The fraction of sp³-hybridized carbons (Fsp3) is 0.273. The lowest BCUT2D eigenvalue weighted by Crippen LogP contribution is -2.39. The SMILES string of the molecule is Cc1c(C(=O)Nc2ccccc2CN2CCCC2C(N)=O)nnn1-c1cccc([N+](=O)[O-])c1. The highest BCUT2D eigenvalue weighted by molar-refractivity contribution is 6.04. The van der Waals surface area contributed by atoms with Crippen LogP contribution in [-0.4, -0.2) is 49.2 Å². The standard InChI is InChI=1S/C22H23N7O4/c1-14-20(25-26-28(14)16-7-4-8-17(12-16)29(32)33)22(31)24-18-9-3-2-6-15(18)13-27-11-5-10-19(27)21(23)30/h2-4,6-9,12,19H,5,10-11,13H2,1H3,(H2,23,30)(H,24,31). The molecule has 1 aliphatic rings. The minimum atomic E-state index is -0.497. The zero-order valence-electron chi connectivity index (χ0n) is 18.0. The van der Waals surface area contributed by atoms with Gasteiger partial charge in [-0.2, -0.15) is 0 Å². The summed E-state index contributed by atoms with van der Waals surface area (Å²) in [6.07, 6.45) is 1.62. The summed E-state index contributed by atoms with van der Waals surface area (Å²) in [5.74, 6) is -0.799. The van der Waals surface area contributed by atoms with Gasteiger partial charge in [-0.1, -0.05) is 29.5 Å². The molecular formula is C22H23N7O4. The number of anilines is 1. The molecule has 3 N–H and O–H groups in total. The summed E-state index contributed by atoms with van der Waals surface area (Å²) in [6, 6.07) is 13.0. The first-order valence-corrected chi connectivity index (χ1v) is 10.4. The van der Waals surface area contributed by atoms with E-state index >= 15 is 0 Å². The number of primary amides is 1. The number of amides is 2. The molecule has 1 saturated heterocycles. The average Bonchev–Trinajstić information content (AvgIpc) is 3.41. The Morgan fingerprint density at radius 2 is 2.03 bits per heavy atom. The van der Waals surface area contributed by atoms with E-state index < -0.39 is 10.8 Å². The Hall–Kier alpha value is -4.12. The van der Waals surface area contributed by atoms with Gasteiger partial charge in [0, 0.05) is 24.4 Å². The number of nitro groups is 1. The Balaban J connectivity index is 1.55. The van der Waals surface area contributed by atoms with Gasteiger partial charge >= 0.3 is 0 Å². The van der Waals surface area contributed by atoms with Gasteiger partial charge in [0.25, 0.3) is 11.6 Å². The van der Waals surface area contributed by atoms with Crippen LogP contribution in [0.3, 0.4) is 0 Å². The highest BCUT2D eigenvalue weighted by atomic mass is 16.6. The molecule has 1 fully saturated rings. The number of carbonyl (C=O) groups is 2. The number of nitro benzene ring substituents is 1. The van der Waals surface area contributed by atoms with Crippen molar-refractivity contribution < 1.29 is 14.5 Å². The van der Waals surface area contributed by atoms with Crippen molar-refractivity contribution in [2.75, 3.05) is 11.9 Å². The number of nitrogens with two attached hydrogens (primary N) is 1. The van der Waals surface area contributed by atoms with E-state index in [4.69, 9.17) is 5.73 Å². The van der Waals surface area contributed by atoms with Crippen LogP contribution in [-0.2, 0) is 11.3 Å². The number of aromatic nitrogens is 3. The van der Waals surface area contributed by atoms with Crippen LogP contribution in [0.4, 0.5) is 11.4 Å². The van der Waals surface area contributed by atoms with E-state index in [-0.39, 0.29) is 23.3 Å². The highest BCUT2D eigenvalue weighted by Gasteiger charge is 2.29. The maximum absolute atomic E-state index is 13.0. The number of carbonyl (C=O) groups excluding carboxylic acids is 2. The predicted octanol–water partition coefficient (Wildman–Crippen LogP) is 2.19. The first kappa shape index (κ1) is 22.1. The summed E-state index contributed by atoms with van der Waals surface area (Å²) in [5, 5.41) is 21.9. The van der Waals surface area contributed by atoms with Crippen LogP contribution in [0.2, 0.25) is 0 Å². The first-order chi connectivity index (χ1) is 15.8. The minimum absolute atomic E-state index is 0.0847. The Morgan fingerprint density at radius 1 is 1.24 bits per heavy atom. The number of nitrogens with one attached hydrogen (secondary N) is 1. The largest absolute Gasteiger partial charge is 0.368 e. The van der Waals surface area contributed by atoms with E-state index in [1.54, 1.807) is 25.1 Å². The summed E-state index contributed by atoms with van der Waals surface area (Å²) in [7, 11) is 0. The van der Waals surface area contributed by atoms with Gasteiger partial charge in [-0.25, -0.2) is 4.68 Å². The number of hydrogen-bond acceptors (Lipinski definition) is 7. The molecule has 0 spiro atoms. The second-order valence-corrected chi connectivity index (χ2v) is 7.85. The number of benzene rings is 2. The van der Waals surface area contributed by atoms with Crippen molar-refractivity contribution in [2.24, 2.45) is 5.73 Å². The maximum Gasteiger partial charge on any atom is 0.278 e. The van der Waals surface area contributed by atoms with Crippen molar-refractivity contribution in [3.8, 4) is 5.69 Å². The summed E-state index contributed by atoms with van der Waals surface area (Å²) < 4.78 is 1.38. The zero-order chi connectivity index (χ0) is 23.5. The molecule has 0 bridgehead atoms. The molecule has 3 aromatic rings. The monoisotopic (exact) mass is 449 g/mol. The van der Waals surface area contributed by atoms with Gasteiger partial charge in [-0.15, -0.1) is 5.10 Å². The molecule has 0 saturated carbocycles. The van der Waals surface area contributed by atoms with Crippen LogP contribution in [0.5, 0.6) is 0 Å². The van der Waals surface area contributed by atoms with Gasteiger partial charge in [0.2, 0.25) is 5.91 Å². The molecule has 1 aromatic heterocycles. The number of nitrogens with zero attached hydrogens (tertiary/aromatic N) is 5. The molecule has 1 unspecified atom stereocenters.